The third-order valence-electron chi connectivity index (χ3n) is 16.8. The van der Waals surface area contributed by atoms with Gasteiger partial charge in [-0.25, -0.2) is 27.2 Å². The number of benzene rings is 2. The van der Waals surface area contributed by atoms with E-state index < -0.39 is 142 Å². The number of oxime groups is 2. The minimum Gasteiger partial charge on any atom is -0.482 e. The highest BCUT2D eigenvalue weighted by atomic mass is 19.1. The number of amides is 4. The molecular formula is C60H72F4N8O19. The van der Waals surface area contributed by atoms with E-state index in [-0.39, 0.29) is 83.3 Å². The van der Waals surface area contributed by atoms with Crippen LogP contribution in [0.25, 0.3) is 0 Å². The van der Waals surface area contributed by atoms with Gasteiger partial charge in [0.25, 0.3) is 23.6 Å². The number of ether oxygens (including phenoxy) is 9. The van der Waals surface area contributed by atoms with Crippen molar-refractivity contribution < 1.29 is 101 Å². The van der Waals surface area contributed by atoms with Crippen LogP contribution in [0.1, 0.15) is 141 Å². The van der Waals surface area contributed by atoms with Gasteiger partial charge in [0.05, 0.1) is 43.5 Å². The van der Waals surface area contributed by atoms with Crippen LogP contribution >= 0.6 is 0 Å². The smallest absolute Gasteiger partial charge is 0.482 e. The van der Waals surface area contributed by atoms with Crippen molar-refractivity contribution in [3.63, 3.8) is 0 Å². The molecule has 4 bridgehead atoms. The third kappa shape index (κ3) is 14.1. The maximum Gasteiger partial charge on any atom is 0.511 e. The van der Waals surface area contributed by atoms with E-state index in [1.165, 1.54) is 48.9 Å². The van der Waals surface area contributed by atoms with Crippen LogP contribution in [-0.2, 0) is 55.9 Å². The van der Waals surface area contributed by atoms with Crippen LogP contribution < -0.4 is 31.0 Å². The van der Waals surface area contributed by atoms with Crippen LogP contribution in [0.3, 0.4) is 0 Å². The van der Waals surface area contributed by atoms with Gasteiger partial charge in [-0.3, -0.25) is 28.8 Å². The Balaban J connectivity index is 0.000000258. The fourth-order valence-electron chi connectivity index (χ4n) is 11.5. The maximum absolute atomic E-state index is 14.3. The Morgan fingerprint density at radius 1 is 0.648 bits per heavy atom. The highest BCUT2D eigenvalue weighted by Gasteiger charge is 2.56. The number of pyridine rings is 2. The molecule has 8 atom stereocenters. The Labute approximate surface area is 520 Å². The standard InChI is InChI=1S/C30H34F2N4O10.C30H34F2N4O9.2H2/c1-16-7-8-30(10-23(42-4)34-46-30)22-13-35(16)28(39)24-26(44-15-45-29(40)43-14-17(2)41-3)25(37)20(12-36(22)24)27(38)33-11-18-5-6-19(31)9-21(18)32;1-16-10-30(45-34-16)8-7-17(2)35-13-23(30)36-12-21(27(38)33-11-19-5-6-20(31)9-22(19)32)25(37)26(24(36)28(35)39)43-15-44-29(40)42-14-18(3)41-4;;/h5-6,9,12,16-17,22H,7-8,10-11,13-15H2,1-4H3,(H,33,38);5-6,9,12,17-18,23H,7-8,10-11,13-15H2,1-4H3,(H,33,38);2*1H/t16-,17+,22+,30-;17-,18-,23+,30-;;/m00../s1. The third-order valence-corrected chi connectivity index (χ3v) is 16.8. The zero-order valence-corrected chi connectivity index (χ0v) is 50.9. The van der Waals surface area contributed by atoms with Gasteiger partial charge in [0, 0.05) is 97.4 Å². The first-order valence-corrected chi connectivity index (χ1v) is 29.0. The lowest BCUT2D eigenvalue weighted by Gasteiger charge is -2.42. The molecule has 27 nitrogen and oxygen atoms in total. The molecular weight excluding hydrogens is 1210 g/mol. The van der Waals surface area contributed by atoms with Gasteiger partial charge < -0.3 is 81.9 Å². The Bertz CT molecular complexity index is 3690. The molecule has 4 aromatic rings. The van der Waals surface area contributed by atoms with E-state index in [0.717, 1.165) is 23.9 Å². The zero-order valence-electron chi connectivity index (χ0n) is 50.9. The molecule has 6 aliphatic rings. The molecule has 4 amide bonds. The lowest BCUT2D eigenvalue weighted by molar-refractivity contribution is -0.0661. The second-order valence-corrected chi connectivity index (χ2v) is 22.7. The number of halogens is 4. The quantitative estimate of drug-likeness (QED) is 0.0597. The first kappa shape index (κ1) is 66.2. The van der Waals surface area contributed by atoms with Crippen molar-refractivity contribution in [1.29, 1.82) is 0 Å². The Kier molecular flexibility index (Phi) is 20.3. The molecule has 2 saturated heterocycles. The van der Waals surface area contributed by atoms with Crippen molar-refractivity contribution >= 4 is 47.5 Å². The van der Waals surface area contributed by atoms with E-state index >= 15 is 0 Å². The summed E-state index contributed by atoms with van der Waals surface area (Å²) in [6.45, 7) is 6.70. The van der Waals surface area contributed by atoms with Crippen molar-refractivity contribution in [3.8, 4) is 11.5 Å². The molecule has 10 rings (SSSR count). The number of carbonyl (C=O) groups excluding carboxylic acids is 6. The van der Waals surface area contributed by atoms with Gasteiger partial charge in [0.2, 0.25) is 41.8 Å². The molecule has 494 valence electrons. The maximum atomic E-state index is 14.3. The van der Waals surface area contributed by atoms with Crippen LogP contribution in [0, 0.1) is 23.3 Å². The SMILES string of the molecule is COC1=NO[C@@]2(CC[C@H](C)N3C[C@H]2n2cc(C(=O)NCc4ccc(F)cc4F)c(=O)c(OCOC(=O)OC[C@@H](C)OC)c2C3=O)C1.CO[C@@H](C)COC(=O)OCOc1c2n(cc(C(=O)NCc3ccc(F)cc3F)c1=O)[C@@H]1CN(C2=O)[C@@H](C)CC[C@]12CC(C)=NO2.[HH].[HH]. The average molecular weight is 1290 g/mol. The van der Waals surface area contributed by atoms with Crippen molar-refractivity contribution in [2.75, 3.05) is 61.2 Å². The Morgan fingerprint density at radius 3 is 1.46 bits per heavy atom. The molecule has 0 saturated carbocycles. The van der Waals surface area contributed by atoms with E-state index in [0.29, 0.717) is 50.1 Å². The van der Waals surface area contributed by atoms with Crippen LogP contribution in [0.5, 0.6) is 11.5 Å². The van der Waals surface area contributed by atoms with Gasteiger partial charge in [-0.1, -0.05) is 22.4 Å². The van der Waals surface area contributed by atoms with Crippen molar-refractivity contribution in [3.05, 3.63) is 126 Å². The highest BCUT2D eigenvalue weighted by Crippen LogP contribution is 2.48. The molecule has 2 aromatic heterocycles. The molecule has 2 fully saturated rings. The summed E-state index contributed by atoms with van der Waals surface area (Å²) in [7, 11) is 4.34. The number of rotatable bonds is 18. The van der Waals surface area contributed by atoms with Gasteiger partial charge in [0.1, 0.15) is 47.6 Å². The summed E-state index contributed by atoms with van der Waals surface area (Å²) in [5, 5.41) is 13.2. The van der Waals surface area contributed by atoms with E-state index in [1.807, 2.05) is 20.8 Å². The molecule has 0 unspecified atom stereocenters. The molecule has 31 heteroatoms. The summed E-state index contributed by atoms with van der Waals surface area (Å²) < 4.78 is 105. The minimum atomic E-state index is -1.12. The van der Waals surface area contributed by atoms with Crippen LogP contribution in [0.4, 0.5) is 27.2 Å². The normalized spacial score (nSPS) is 22.4. The predicted molar refractivity (Wildman–Crippen MR) is 311 cm³/mol. The summed E-state index contributed by atoms with van der Waals surface area (Å²) in [5.74, 6) is -6.95. The lowest BCUT2D eigenvalue weighted by atomic mass is 9.84. The molecule has 8 heterocycles. The number of hydrogen-bond donors (Lipinski definition) is 2. The molecule has 0 aliphatic carbocycles. The molecule has 6 aliphatic heterocycles. The molecule has 2 spiro atoms. The van der Waals surface area contributed by atoms with E-state index in [2.05, 4.69) is 20.9 Å². The summed E-state index contributed by atoms with van der Waals surface area (Å²) in [6, 6.07) is 4.04. The summed E-state index contributed by atoms with van der Waals surface area (Å²) in [4.78, 5) is 122. The number of carbonyl (C=O) groups is 6. The first-order valence-electron chi connectivity index (χ1n) is 29.0. The zero-order chi connectivity index (χ0) is 65.6. The van der Waals surface area contributed by atoms with Crippen molar-refractivity contribution in [2.45, 2.75) is 134 Å². The Hall–Kier alpha value is -9.26. The summed E-state index contributed by atoms with van der Waals surface area (Å²) in [6.07, 6.45) is 2.29. The minimum absolute atomic E-state index is 0. The van der Waals surface area contributed by atoms with E-state index in [1.54, 1.807) is 23.6 Å². The van der Waals surface area contributed by atoms with E-state index in [9.17, 15) is 55.9 Å². The molecule has 2 N–H and O–H groups in total. The molecule has 0 radical (unpaired) electrons. The number of nitrogens with zero attached hydrogens (tertiary/aromatic N) is 6. The van der Waals surface area contributed by atoms with Gasteiger partial charge >= 0.3 is 12.3 Å². The molecule has 2 aromatic carbocycles. The van der Waals surface area contributed by atoms with Crippen LogP contribution in [-0.4, -0.2) is 163 Å². The second-order valence-electron chi connectivity index (χ2n) is 22.7. The van der Waals surface area contributed by atoms with Gasteiger partial charge in [-0.2, -0.15) is 0 Å². The van der Waals surface area contributed by atoms with E-state index in [4.69, 9.17) is 52.3 Å². The van der Waals surface area contributed by atoms with Gasteiger partial charge in [-0.05, 0) is 72.4 Å². The summed E-state index contributed by atoms with van der Waals surface area (Å²) in [5.41, 5.74) is -4.30. The van der Waals surface area contributed by atoms with Gasteiger partial charge in [0.15, 0.2) is 22.6 Å². The molecule has 91 heavy (non-hydrogen) atoms. The number of methoxy groups -OCH3 is 3. The Morgan fingerprint density at radius 2 is 1.08 bits per heavy atom. The predicted octanol–water partition coefficient (Wildman–Crippen LogP) is 6.67. The fraction of sp³-hybridized carbons (Fsp3) is 0.500. The highest BCUT2D eigenvalue weighted by molar-refractivity contribution is 6.01. The van der Waals surface area contributed by atoms with Crippen LogP contribution in [0.2, 0.25) is 0 Å². The number of hydrogen-bond acceptors (Lipinski definition) is 21. The lowest BCUT2D eigenvalue weighted by Crippen LogP contribution is -2.52. The fourth-order valence-corrected chi connectivity index (χ4v) is 11.5. The van der Waals surface area contributed by atoms with Gasteiger partial charge in [-0.15, -0.1) is 0 Å². The largest absolute Gasteiger partial charge is 0.511 e. The van der Waals surface area contributed by atoms with Crippen LogP contribution in [0.15, 0.2) is 68.7 Å². The number of fused-ring (bicyclic) bond motifs is 10. The number of aromatic nitrogens is 2. The average Bonchev–Trinajstić information content (AvgIpc) is 1.71. The second kappa shape index (κ2) is 27.9. The van der Waals surface area contributed by atoms with Crippen molar-refractivity contribution in [1.82, 2.24) is 29.6 Å². The van der Waals surface area contributed by atoms with Crippen molar-refractivity contribution in [2.24, 2.45) is 10.3 Å². The first-order chi connectivity index (χ1) is 43.4. The summed E-state index contributed by atoms with van der Waals surface area (Å²) >= 11 is 0. The number of nitrogens with one attached hydrogen (secondary N) is 2. The topological polar surface area (TPSA) is 303 Å². The monoisotopic (exact) mass is 1280 g/mol.